The van der Waals surface area contributed by atoms with Gasteiger partial charge in [0.2, 0.25) is 0 Å². The van der Waals surface area contributed by atoms with Crippen LogP contribution in [0.15, 0.2) is 0 Å². The molecule has 0 aliphatic heterocycles. The number of carboxylic acids is 2. The van der Waals surface area contributed by atoms with Crippen LogP contribution in [0.2, 0.25) is 0 Å². The van der Waals surface area contributed by atoms with E-state index in [1.54, 1.807) is 0 Å². The Bertz CT molecular complexity index is 303. The van der Waals surface area contributed by atoms with Crippen LogP contribution in [0.5, 0.6) is 0 Å². The molecule has 4 atom stereocenters. The van der Waals surface area contributed by atoms with Gasteiger partial charge in [0.15, 0.2) is 0 Å². The van der Waals surface area contributed by atoms with Gasteiger partial charge < -0.3 is 15.9 Å². The van der Waals surface area contributed by atoms with Gasteiger partial charge in [0.05, 0.1) is 5.92 Å². The molecule has 0 aromatic carbocycles. The maximum absolute atomic E-state index is 11.0. The number of fused-ring (bicyclic) bond motifs is 2. The van der Waals surface area contributed by atoms with E-state index in [1.165, 1.54) is 0 Å². The minimum absolute atomic E-state index is 0.0430. The minimum atomic E-state index is -1.30. The van der Waals surface area contributed by atoms with Gasteiger partial charge in [-0.3, -0.25) is 9.59 Å². The van der Waals surface area contributed by atoms with Crippen LogP contribution in [0.3, 0.4) is 0 Å². The quantitative estimate of drug-likeness (QED) is 0.576. The molecule has 14 heavy (non-hydrogen) atoms. The molecule has 0 unspecified atom stereocenters. The summed E-state index contributed by atoms with van der Waals surface area (Å²) in [5.41, 5.74) is 4.45. The van der Waals surface area contributed by atoms with Gasteiger partial charge in [0, 0.05) is 5.92 Å². The molecular weight excluding hydrogens is 186 g/mol. The van der Waals surface area contributed by atoms with E-state index in [4.69, 9.17) is 15.9 Å². The molecule has 2 aliphatic rings. The number of hydrogen-bond acceptors (Lipinski definition) is 3. The summed E-state index contributed by atoms with van der Waals surface area (Å²) in [5, 5.41) is 17.9. The van der Waals surface area contributed by atoms with Crippen LogP contribution in [0, 0.1) is 17.8 Å². The second kappa shape index (κ2) is 2.70. The minimum Gasteiger partial charge on any atom is -0.481 e. The number of carbonyl (C=O) groups is 2. The Hall–Kier alpha value is -1.10. The van der Waals surface area contributed by atoms with Gasteiger partial charge in [-0.2, -0.15) is 0 Å². The van der Waals surface area contributed by atoms with Gasteiger partial charge in [-0.1, -0.05) is 0 Å². The molecule has 5 nitrogen and oxygen atoms in total. The van der Waals surface area contributed by atoms with Crippen molar-refractivity contribution in [2.45, 2.75) is 24.8 Å². The molecule has 2 bridgehead atoms. The molecule has 0 aromatic heterocycles. The Morgan fingerprint density at radius 2 is 1.93 bits per heavy atom. The van der Waals surface area contributed by atoms with Crippen LogP contribution in [0.4, 0.5) is 0 Å². The van der Waals surface area contributed by atoms with E-state index >= 15 is 0 Å². The highest BCUT2D eigenvalue weighted by Crippen LogP contribution is 2.53. The highest BCUT2D eigenvalue weighted by molar-refractivity contribution is 5.83. The fourth-order valence-corrected chi connectivity index (χ4v) is 3.09. The predicted octanol–water partition coefficient (Wildman–Crippen LogP) is -0.101. The Morgan fingerprint density at radius 3 is 2.29 bits per heavy atom. The smallest absolute Gasteiger partial charge is 0.324 e. The molecule has 2 saturated carbocycles. The van der Waals surface area contributed by atoms with Crippen molar-refractivity contribution in [2.75, 3.05) is 0 Å². The van der Waals surface area contributed by atoms with Crippen LogP contribution in [-0.4, -0.2) is 27.7 Å². The van der Waals surface area contributed by atoms with Gasteiger partial charge >= 0.3 is 11.9 Å². The standard InChI is InChI=1S/C9H13NO4/c10-9(8(13)14)3-4-1-2-5(9)6(4)7(11)12/h4-6H,1-3,10H2,(H,11,12)(H,13,14)/t4-,5-,6-,9-/m0/s1. The van der Waals surface area contributed by atoms with Gasteiger partial charge in [0.1, 0.15) is 5.54 Å². The molecule has 2 fully saturated rings. The molecule has 4 N–H and O–H groups in total. The van der Waals surface area contributed by atoms with Crippen molar-refractivity contribution in [2.24, 2.45) is 23.5 Å². The molecule has 0 aromatic rings. The maximum atomic E-state index is 11.0. The van der Waals surface area contributed by atoms with E-state index in [9.17, 15) is 9.59 Å². The maximum Gasteiger partial charge on any atom is 0.324 e. The van der Waals surface area contributed by atoms with Crippen LogP contribution in [0.25, 0.3) is 0 Å². The third-order valence-electron chi connectivity index (χ3n) is 3.73. The zero-order valence-corrected chi connectivity index (χ0v) is 7.64. The molecule has 0 saturated heterocycles. The first kappa shape index (κ1) is 9.45. The summed E-state index contributed by atoms with van der Waals surface area (Å²) < 4.78 is 0. The molecule has 2 aliphatic carbocycles. The molecule has 5 heteroatoms. The van der Waals surface area contributed by atoms with Gasteiger partial charge in [0.25, 0.3) is 0 Å². The average molecular weight is 199 g/mol. The van der Waals surface area contributed by atoms with Crippen molar-refractivity contribution in [3.8, 4) is 0 Å². The van der Waals surface area contributed by atoms with E-state index in [1.807, 2.05) is 0 Å². The van der Waals surface area contributed by atoms with E-state index in [-0.39, 0.29) is 11.8 Å². The Kier molecular flexibility index (Phi) is 1.82. The molecular formula is C9H13NO4. The lowest BCUT2D eigenvalue weighted by Gasteiger charge is -2.29. The van der Waals surface area contributed by atoms with Gasteiger partial charge in [-0.05, 0) is 25.2 Å². The number of carboxylic acid groups (broad SMARTS) is 2. The topological polar surface area (TPSA) is 101 Å². The van der Waals surface area contributed by atoms with Crippen LogP contribution >= 0.6 is 0 Å². The number of hydrogen-bond donors (Lipinski definition) is 3. The summed E-state index contributed by atoms with van der Waals surface area (Å²) in [7, 11) is 0. The molecule has 0 amide bonds. The van der Waals surface area contributed by atoms with Crippen molar-refractivity contribution in [1.82, 2.24) is 0 Å². The Morgan fingerprint density at radius 1 is 1.29 bits per heavy atom. The third kappa shape index (κ3) is 0.987. The summed E-state index contributed by atoms with van der Waals surface area (Å²) in [4.78, 5) is 21.9. The first-order valence-electron chi connectivity index (χ1n) is 4.72. The summed E-state index contributed by atoms with van der Waals surface area (Å²) in [5.74, 6) is -2.93. The van der Waals surface area contributed by atoms with Crippen LogP contribution in [0.1, 0.15) is 19.3 Å². The highest BCUT2D eigenvalue weighted by Gasteiger charge is 2.61. The summed E-state index contributed by atoms with van der Waals surface area (Å²) in [6.45, 7) is 0. The summed E-state index contributed by atoms with van der Waals surface area (Å²) >= 11 is 0. The zero-order chi connectivity index (χ0) is 10.5. The predicted molar refractivity (Wildman–Crippen MR) is 46.5 cm³/mol. The van der Waals surface area contributed by atoms with Gasteiger partial charge in [-0.25, -0.2) is 0 Å². The Labute approximate surface area is 80.9 Å². The molecule has 78 valence electrons. The SMILES string of the molecule is N[C@@]1(C(=O)O)C[C@@H]2CC[C@H]1[C@H]2C(=O)O. The van der Waals surface area contributed by atoms with Crippen molar-refractivity contribution < 1.29 is 19.8 Å². The van der Waals surface area contributed by atoms with E-state index in [2.05, 4.69) is 0 Å². The number of rotatable bonds is 2. The van der Waals surface area contributed by atoms with Crippen molar-refractivity contribution >= 4 is 11.9 Å². The third-order valence-corrected chi connectivity index (χ3v) is 3.73. The normalized spacial score (nSPS) is 45.4. The lowest BCUT2D eigenvalue weighted by Crippen LogP contribution is -2.53. The van der Waals surface area contributed by atoms with Crippen molar-refractivity contribution in [3.63, 3.8) is 0 Å². The highest BCUT2D eigenvalue weighted by atomic mass is 16.4. The molecule has 0 radical (unpaired) electrons. The lowest BCUT2D eigenvalue weighted by atomic mass is 9.81. The van der Waals surface area contributed by atoms with Crippen molar-refractivity contribution in [3.05, 3.63) is 0 Å². The van der Waals surface area contributed by atoms with Gasteiger partial charge in [-0.15, -0.1) is 0 Å². The molecule has 2 rings (SSSR count). The first-order chi connectivity index (χ1) is 6.47. The van der Waals surface area contributed by atoms with Crippen molar-refractivity contribution in [1.29, 1.82) is 0 Å². The molecule has 0 spiro atoms. The monoisotopic (exact) mass is 199 g/mol. The fraction of sp³-hybridized carbons (Fsp3) is 0.778. The molecule has 0 heterocycles. The first-order valence-corrected chi connectivity index (χ1v) is 4.72. The number of nitrogens with two attached hydrogens (primary N) is 1. The zero-order valence-electron chi connectivity index (χ0n) is 7.64. The van der Waals surface area contributed by atoms with E-state index in [0.717, 1.165) is 6.42 Å². The average Bonchev–Trinajstić information content (AvgIpc) is 2.58. The Balaban J connectivity index is 2.31. The fourth-order valence-electron chi connectivity index (χ4n) is 3.09. The van der Waals surface area contributed by atoms with Crippen LogP contribution < -0.4 is 5.73 Å². The van der Waals surface area contributed by atoms with E-state index < -0.39 is 23.4 Å². The largest absolute Gasteiger partial charge is 0.481 e. The van der Waals surface area contributed by atoms with Crippen LogP contribution in [-0.2, 0) is 9.59 Å². The summed E-state index contributed by atoms with van der Waals surface area (Å²) in [6.07, 6.45) is 1.74. The lowest BCUT2D eigenvalue weighted by molar-refractivity contribution is -0.147. The summed E-state index contributed by atoms with van der Waals surface area (Å²) in [6, 6.07) is 0. The second-order valence-electron chi connectivity index (χ2n) is 4.36. The second-order valence-corrected chi connectivity index (χ2v) is 4.36. The van der Waals surface area contributed by atoms with E-state index in [0.29, 0.717) is 12.8 Å². The number of aliphatic carboxylic acids is 2.